The van der Waals surface area contributed by atoms with E-state index in [1.165, 1.54) is 16.8 Å². The molecule has 3 heterocycles. The molecule has 0 spiro atoms. The number of hydrogen-bond donors (Lipinski definition) is 0. The molecule has 1 aliphatic rings. The fraction of sp³-hybridized carbons (Fsp3) is 0.300. The van der Waals surface area contributed by atoms with Crippen LogP contribution in [0.4, 0.5) is 0 Å². The smallest absolute Gasteiger partial charge is 0.262 e. The molecule has 6 nitrogen and oxygen atoms in total. The molecule has 0 amide bonds. The second-order valence-corrected chi connectivity index (χ2v) is 9.36. The highest BCUT2D eigenvalue weighted by Gasteiger charge is 2.32. The first-order valence-corrected chi connectivity index (χ1v) is 11.0. The Balaban J connectivity index is 1.59. The maximum atomic E-state index is 12.9. The molecule has 0 aliphatic carbocycles. The summed E-state index contributed by atoms with van der Waals surface area (Å²) in [6.45, 7) is 0.911. The van der Waals surface area contributed by atoms with Gasteiger partial charge in [0.1, 0.15) is 0 Å². The Morgan fingerprint density at radius 1 is 1.18 bits per heavy atom. The summed E-state index contributed by atoms with van der Waals surface area (Å²) in [6, 6.07) is 13.5. The average molecular weight is 417 g/mol. The molecule has 1 saturated heterocycles. The summed E-state index contributed by atoms with van der Waals surface area (Å²) in [5.41, 5.74) is 2.69. The van der Waals surface area contributed by atoms with E-state index < -0.39 is 10.0 Å². The van der Waals surface area contributed by atoms with E-state index in [0.29, 0.717) is 18.1 Å². The van der Waals surface area contributed by atoms with Gasteiger partial charge in [0.05, 0.1) is 12.0 Å². The summed E-state index contributed by atoms with van der Waals surface area (Å²) in [6.07, 6.45) is 4.74. The van der Waals surface area contributed by atoms with Gasteiger partial charge in [-0.05, 0) is 37.1 Å². The molecule has 1 fully saturated rings. The van der Waals surface area contributed by atoms with Gasteiger partial charge in [0.25, 0.3) is 10.0 Å². The number of sulfonamides is 1. The van der Waals surface area contributed by atoms with Gasteiger partial charge in [-0.25, -0.2) is 13.4 Å². The second-order valence-electron chi connectivity index (χ2n) is 7.04. The van der Waals surface area contributed by atoms with Crippen LogP contribution in [-0.2, 0) is 17.1 Å². The Kier molecular flexibility index (Phi) is 5.23. The van der Waals surface area contributed by atoms with Gasteiger partial charge in [0.15, 0.2) is 5.03 Å². The third-order valence-electron chi connectivity index (χ3n) is 4.98. The summed E-state index contributed by atoms with van der Waals surface area (Å²) in [5, 5.41) is 0.756. The molecule has 1 aliphatic heterocycles. The maximum Gasteiger partial charge on any atom is 0.262 e. The highest BCUT2D eigenvalue weighted by Crippen LogP contribution is 2.30. The zero-order valence-electron chi connectivity index (χ0n) is 15.5. The number of piperidine rings is 1. The Morgan fingerprint density at radius 3 is 2.75 bits per heavy atom. The van der Waals surface area contributed by atoms with E-state index in [9.17, 15) is 8.42 Å². The largest absolute Gasteiger partial charge is 0.339 e. The lowest BCUT2D eigenvalue weighted by Crippen LogP contribution is -2.39. The van der Waals surface area contributed by atoms with Crippen LogP contribution >= 0.6 is 11.6 Å². The van der Waals surface area contributed by atoms with Crippen LogP contribution < -0.4 is 0 Å². The second kappa shape index (κ2) is 7.66. The van der Waals surface area contributed by atoms with Crippen molar-refractivity contribution >= 4 is 21.6 Å². The molecule has 1 unspecified atom stereocenters. The maximum absolute atomic E-state index is 12.9. The molecule has 2 aromatic heterocycles. The lowest BCUT2D eigenvalue weighted by Gasteiger charge is -2.31. The lowest BCUT2D eigenvalue weighted by atomic mass is 9.95. The number of aromatic nitrogens is 3. The van der Waals surface area contributed by atoms with Crippen LogP contribution in [0.15, 0.2) is 60.0 Å². The van der Waals surface area contributed by atoms with Crippen molar-refractivity contribution in [3.8, 4) is 11.3 Å². The van der Waals surface area contributed by atoms with Crippen molar-refractivity contribution in [1.29, 1.82) is 0 Å². The first-order chi connectivity index (χ1) is 13.4. The summed E-state index contributed by atoms with van der Waals surface area (Å²) in [5.74, 6) is 0.0476. The lowest BCUT2D eigenvalue weighted by molar-refractivity contribution is 0.312. The summed E-state index contributed by atoms with van der Waals surface area (Å²) < 4.78 is 29.0. The number of imidazole rings is 1. The normalized spacial score (nSPS) is 18.3. The van der Waals surface area contributed by atoms with Crippen molar-refractivity contribution in [3.05, 3.63) is 65.7 Å². The van der Waals surface area contributed by atoms with Crippen molar-refractivity contribution in [2.45, 2.75) is 23.8 Å². The molecule has 3 aromatic rings. The van der Waals surface area contributed by atoms with E-state index in [1.54, 1.807) is 11.6 Å². The number of rotatable bonds is 4. The minimum Gasteiger partial charge on any atom is -0.339 e. The topological polar surface area (TPSA) is 68.1 Å². The third-order valence-corrected chi connectivity index (χ3v) is 6.96. The fourth-order valence-electron chi connectivity index (χ4n) is 3.54. The highest BCUT2D eigenvalue weighted by atomic mass is 35.5. The van der Waals surface area contributed by atoms with Crippen molar-refractivity contribution in [1.82, 2.24) is 18.8 Å². The number of pyridine rings is 1. The number of nitrogens with zero attached hydrogens (tertiary/aromatic N) is 4. The minimum atomic E-state index is -3.59. The molecule has 0 bridgehead atoms. The minimum absolute atomic E-state index is 0.0476. The van der Waals surface area contributed by atoms with Gasteiger partial charge in [0.2, 0.25) is 0 Å². The van der Waals surface area contributed by atoms with Crippen LogP contribution in [0.2, 0.25) is 5.02 Å². The van der Waals surface area contributed by atoms with E-state index in [-0.39, 0.29) is 10.9 Å². The molecule has 0 radical (unpaired) electrons. The summed E-state index contributed by atoms with van der Waals surface area (Å²) in [4.78, 5) is 8.83. The standard InChI is InChI=1S/C20H21ClN4O2S/c1-24-13-20(22-14-24)28(26,27)25-10-4-6-16(12-25)19-9-3-8-18(23-19)15-5-2-7-17(21)11-15/h2-3,5,7-9,11,13-14,16H,4,6,10,12H2,1H3. The van der Waals surface area contributed by atoms with E-state index in [1.807, 2.05) is 42.5 Å². The van der Waals surface area contributed by atoms with Crippen molar-refractivity contribution in [2.24, 2.45) is 7.05 Å². The van der Waals surface area contributed by atoms with E-state index in [2.05, 4.69) is 4.98 Å². The SMILES string of the molecule is Cn1cnc(S(=O)(=O)N2CCCC(c3cccc(-c4cccc(Cl)c4)n3)C2)c1. The summed E-state index contributed by atoms with van der Waals surface area (Å²) in [7, 11) is -1.83. The number of aryl methyl sites for hydroxylation is 1. The zero-order valence-corrected chi connectivity index (χ0v) is 17.1. The Morgan fingerprint density at radius 2 is 2.00 bits per heavy atom. The first kappa shape index (κ1) is 19.1. The van der Waals surface area contributed by atoms with E-state index in [0.717, 1.165) is 29.8 Å². The Hall–Kier alpha value is -2.22. The highest BCUT2D eigenvalue weighted by molar-refractivity contribution is 7.89. The van der Waals surface area contributed by atoms with Gasteiger partial charge >= 0.3 is 0 Å². The van der Waals surface area contributed by atoms with Gasteiger partial charge in [-0.15, -0.1) is 0 Å². The molecule has 1 aromatic carbocycles. The summed E-state index contributed by atoms with van der Waals surface area (Å²) >= 11 is 6.10. The predicted molar refractivity (Wildman–Crippen MR) is 109 cm³/mol. The molecule has 1 atom stereocenters. The van der Waals surface area contributed by atoms with Gasteiger partial charge in [-0.2, -0.15) is 4.31 Å². The average Bonchev–Trinajstić information content (AvgIpc) is 3.15. The fourth-order valence-corrected chi connectivity index (χ4v) is 5.22. The van der Waals surface area contributed by atoms with Gasteiger partial charge in [-0.3, -0.25) is 4.98 Å². The molecule has 0 N–H and O–H groups in total. The number of benzene rings is 1. The van der Waals surface area contributed by atoms with Crippen LogP contribution in [0.25, 0.3) is 11.3 Å². The quantitative estimate of drug-likeness (QED) is 0.650. The van der Waals surface area contributed by atoms with Gasteiger partial charge < -0.3 is 4.57 Å². The Labute approximate surface area is 169 Å². The van der Waals surface area contributed by atoms with E-state index in [4.69, 9.17) is 16.6 Å². The Bertz CT molecular complexity index is 1100. The van der Waals surface area contributed by atoms with Crippen molar-refractivity contribution < 1.29 is 8.42 Å². The van der Waals surface area contributed by atoms with Crippen LogP contribution in [-0.4, -0.2) is 40.3 Å². The monoisotopic (exact) mass is 416 g/mol. The van der Waals surface area contributed by atoms with Gasteiger partial charge in [-0.1, -0.05) is 29.8 Å². The molecule has 146 valence electrons. The first-order valence-electron chi connectivity index (χ1n) is 9.14. The number of hydrogen-bond acceptors (Lipinski definition) is 4. The third kappa shape index (κ3) is 3.83. The molecular formula is C20H21ClN4O2S. The van der Waals surface area contributed by atoms with Crippen LogP contribution in [0.5, 0.6) is 0 Å². The van der Waals surface area contributed by atoms with Crippen molar-refractivity contribution in [3.63, 3.8) is 0 Å². The number of halogens is 1. The molecule has 28 heavy (non-hydrogen) atoms. The molecule has 4 rings (SSSR count). The van der Waals surface area contributed by atoms with Crippen LogP contribution in [0, 0.1) is 0 Å². The van der Waals surface area contributed by atoms with Gasteiger partial charge in [0, 0.05) is 48.5 Å². The predicted octanol–water partition coefficient (Wildman–Crippen LogP) is 3.70. The van der Waals surface area contributed by atoms with Crippen molar-refractivity contribution in [2.75, 3.05) is 13.1 Å². The van der Waals surface area contributed by atoms with E-state index >= 15 is 0 Å². The van der Waals surface area contributed by atoms with Crippen LogP contribution in [0.3, 0.4) is 0 Å². The molecule has 8 heteroatoms. The van der Waals surface area contributed by atoms with Crippen LogP contribution in [0.1, 0.15) is 24.5 Å². The molecular weight excluding hydrogens is 396 g/mol. The zero-order chi connectivity index (χ0) is 19.7. The molecule has 0 saturated carbocycles.